The Bertz CT molecular complexity index is 777. The predicted octanol–water partition coefficient (Wildman–Crippen LogP) is 3.11. The number of hydrogen-bond acceptors (Lipinski definition) is 6. The number of nitro groups is 1. The van der Waals surface area contributed by atoms with Gasteiger partial charge in [0.2, 0.25) is 0 Å². The molecule has 2 aromatic carbocycles. The third-order valence-electron chi connectivity index (χ3n) is 3.21. The molecule has 0 saturated heterocycles. The topological polar surface area (TPSA) is 87.9 Å². The Labute approximate surface area is 136 Å². The van der Waals surface area contributed by atoms with Crippen LogP contribution in [0, 0.1) is 15.9 Å². The molecule has 8 heteroatoms. The number of esters is 1. The summed E-state index contributed by atoms with van der Waals surface area (Å²) < 4.78 is 28.3. The molecule has 0 aliphatic carbocycles. The van der Waals surface area contributed by atoms with Gasteiger partial charge in [0.15, 0.2) is 5.75 Å². The number of benzene rings is 2. The van der Waals surface area contributed by atoms with Crippen molar-refractivity contribution in [3.63, 3.8) is 0 Å². The first-order valence-electron chi connectivity index (χ1n) is 6.78. The number of carbonyl (C=O) groups excluding carboxylic acids is 1. The molecule has 0 saturated carbocycles. The zero-order valence-corrected chi connectivity index (χ0v) is 12.9. The monoisotopic (exact) mass is 335 g/mol. The molecule has 0 aliphatic heterocycles. The van der Waals surface area contributed by atoms with Crippen LogP contribution in [0.1, 0.15) is 15.9 Å². The van der Waals surface area contributed by atoms with Crippen molar-refractivity contribution in [1.82, 2.24) is 0 Å². The number of nitrogens with zero attached hydrogens (tertiary/aromatic N) is 1. The maximum absolute atomic E-state index is 13.3. The van der Waals surface area contributed by atoms with Crippen LogP contribution < -0.4 is 9.47 Å². The second-order valence-corrected chi connectivity index (χ2v) is 4.68. The van der Waals surface area contributed by atoms with E-state index in [0.29, 0.717) is 11.3 Å². The maximum atomic E-state index is 13.3. The van der Waals surface area contributed by atoms with E-state index in [1.54, 1.807) is 0 Å². The first-order valence-corrected chi connectivity index (χ1v) is 6.78. The molecule has 0 spiro atoms. The minimum absolute atomic E-state index is 0.0159. The van der Waals surface area contributed by atoms with Crippen LogP contribution in [-0.4, -0.2) is 25.1 Å². The predicted molar refractivity (Wildman–Crippen MR) is 81.7 cm³/mol. The largest absolute Gasteiger partial charge is 0.496 e. The highest BCUT2D eigenvalue weighted by atomic mass is 19.1. The van der Waals surface area contributed by atoms with Gasteiger partial charge in [0.05, 0.1) is 24.7 Å². The third-order valence-corrected chi connectivity index (χ3v) is 3.21. The molecule has 0 aromatic heterocycles. The summed E-state index contributed by atoms with van der Waals surface area (Å²) in [6, 6.07) is 7.52. The highest BCUT2D eigenvalue weighted by molar-refractivity contribution is 5.90. The fraction of sp³-hybridized carbons (Fsp3) is 0.188. The van der Waals surface area contributed by atoms with Gasteiger partial charge in [0, 0.05) is 11.6 Å². The van der Waals surface area contributed by atoms with E-state index in [9.17, 15) is 19.3 Å². The van der Waals surface area contributed by atoms with Gasteiger partial charge in [-0.3, -0.25) is 10.1 Å². The van der Waals surface area contributed by atoms with Gasteiger partial charge in [-0.15, -0.1) is 0 Å². The standard InChI is InChI=1S/C16H14FNO6/c1-22-14-6-4-12(17)7-11(14)9-24-16(19)10-3-5-15(23-2)13(8-10)18(20)21/h3-8H,9H2,1-2H3. The van der Waals surface area contributed by atoms with Gasteiger partial charge in [-0.1, -0.05) is 0 Å². The lowest BCUT2D eigenvalue weighted by atomic mass is 10.2. The summed E-state index contributed by atoms with van der Waals surface area (Å²) in [5.74, 6) is -0.887. The minimum Gasteiger partial charge on any atom is -0.496 e. The lowest BCUT2D eigenvalue weighted by Gasteiger charge is -2.10. The Kier molecular flexibility index (Phi) is 5.31. The normalized spacial score (nSPS) is 10.1. The number of rotatable bonds is 6. The van der Waals surface area contributed by atoms with E-state index in [0.717, 1.165) is 6.07 Å². The molecule has 0 amide bonds. The van der Waals surface area contributed by atoms with Crippen molar-refractivity contribution in [3.8, 4) is 11.5 Å². The summed E-state index contributed by atoms with van der Waals surface area (Å²) in [6.07, 6.45) is 0. The highest BCUT2D eigenvalue weighted by Gasteiger charge is 2.19. The molecule has 0 unspecified atom stereocenters. The summed E-state index contributed by atoms with van der Waals surface area (Å²) in [7, 11) is 2.70. The number of nitro benzene ring substituents is 1. The SMILES string of the molecule is COc1ccc(F)cc1COC(=O)c1ccc(OC)c([N+](=O)[O-])c1. The Morgan fingerprint density at radius 2 is 1.79 bits per heavy atom. The number of ether oxygens (including phenoxy) is 3. The summed E-state index contributed by atoms with van der Waals surface area (Å²) in [4.78, 5) is 22.4. The molecular formula is C16H14FNO6. The second kappa shape index (κ2) is 7.40. The van der Waals surface area contributed by atoms with Gasteiger partial charge in [-0.05, 0) is 30.3 Å². The molecule has 2 aromatic rings. The minimum atomic E-state index is -0.785. The van der Waals surface area contributed by atoms with Crippen molar-refractivity contribution in [2.45, 2.75) is 6.61 Å². The van der Waals surface area contributed by atoms with Gasteiger partial charge in [-0.25, -0.2) is 9.18 Å². The smallest absolute Gasteiger partial charge is 0.338 e. The van der Waals surface area contributed by atoms with E-state index in [-0.39, 0.29) is 23.6 Å². The summed E-state index contributed by atoms with van der Waals surface area (Å²) in [6.45, 7) is -0.237. The Morgan fingerprint density at radius 3 is 2.42 bits per heavy atom. The van der Waals surface area contributed by atoms with Crippen LogP contribution in [0.2, 0.25) is 0 Å². The lowest BCUT2D eigenvalue weighted by molar-refractivity contribution is -0.385. The van der Waals surface area contributed by atoms with E-state index in [1.807, 2.05) is 0 Å². The van der Waals surface area contributed by atoms with E-state index in [1.165, 1.54) is 44.6 Å². The summed E-state index contributed by atoms with van der Waals surface area (Å²) >= 11 is 0. The van der Waals surface area contributed by atoms with Crippen LogP contribution in [-0.2, 0) is 11.3 Å². The highest BCUT2D eigenvalue weighted by Crippen LogP contribution is 2.28. The van der Waals surface area contributed by atoms with Crippen molar-refractivity contribution in [2.75, 3.05) is 14.2 Å². The Morgan fingerprint density at radius 1 is 1.12 bits per heavy atom. The van der Waals surface area contributed by atoms with Gasteiger partial charge in [0.1, 0.15) is 18.2 Å². The molecule has 0 atom stereocenters. The van der Waals surface area contributed by atoms with Crippen molar-refractivity contribution < 1.29 is 28.3 Å². The van der Waals surface area contributed by atoms with Crippen molar-refractivity contribution >= 4 is 11.7 Å². The molecule has 0 bridgehead atoms. The van der Waals surface area contributed by atoms with Crippen LogP contribution in [0.3, 0.4) is 0 Å². The second-order valence-electron chi connectivity index (χ2n) is 4.68. The van der Waals surface area contributed by atoms with Crippen LogP contribution >= 0.6 is 0 Å². The number of hydrogen-bond donors (Lipinski definition) is 0. The van der Waals surface area contributed by atoms with Gasteiger partial charge >= 0.3 is 11.7 Å². The van der Waals surface area contributed by atoms with E-state index < -0.39 is 16.7 Å². The zero-order valence-electron chi connectivity index (χ0n) is 12.9. The molecule has 0 fully saturated rings. The molecule has 0 aliphatic rings. The van der Waals surface area contributed by atoms with Crippen molar-refractivity contribution in [2.24, 2.45) is 0 Å². The van der Waals surface area contributed by atoms with Crippen molar-refractivity contribution in [1.29, 1.82) is 0 Å². The number of methoxy groups -OCH3 is 2. The maximum Gasteiger partial charge on any atom is 0.338 e. The lowest BCUT2D eigenvalue weighted by Crippen LogP contribution is -2.07. The van der Waals surface area contributed by atoms with Gasteiger partial charge in [-0.2, -0.15) is 0 Å². The molecular weight excluding hydrogens is 321 g/mol. The molecule has 7 nitrogen and oxygen atoms in total. The Hall–Kier alpha value is -3.16. The van der Waals surface area contributed by atoms with E-state index >= 15 is 0 Å². The first-order chi connectivity index (χ1) is 11.5. The van der Waals surface area contributed by atoms with E-state index in [2.05, 4.69) is 0 Å². The van der Waals surface area contributed by atoms with Gasteiger partial charge in [0.25, 0.3) is 0 Å². The summed E-state index contributed by atoms with van der Waals surface area (Å²) in [5, 5.41) is 11.0. The average molecular weight is 335 g/mol. The zero-order chi connectivity index (χ0) is 17.7. The summed E-state index contributed by atoms with van der Waals surface area (Å²) in [5.41, 5.74) is -0.0259. The van der Waals surface area contributed by atoms with E-state index in [4.69, 9.17) is 14.2 Å². The quantitative estimate of drug-likeness (QED) is 0.458. The molecule has 0 radical (unpaired) electrons. The Balaban J connectivity index is 2.17. The number of carbonyl (C=O) groups is 1. The first kappa shape index (κ1) is 17.2. The fourth-order valence-electron chi connectivity index (χ4n) is 2.05. The van der Waals surface area contributed by atoms with Crippen LogP contribution in [0.15, 0.2) is 36.4 Å². The average Bonchev–Trinajstić information content (AvgIpc) is 2.59. The molecule has 2 rings (SSSR count). The van der Waals surface area contributed by atoms with Crippen LogP contribution in [0.5, 0.6) is 11.5 Å². The van der Waals surface area contributed by atoms with Crippen molar-refractivity contribution in [3.05, 3.63) is 63.5 Å². The molecule has 0 N–H and O–H groups in total. The number of halogens is 1. The van der Waals surface area contributed by atoms with Crippen LogP contribution in [0.25, 0.3) is 0 Å². The van der Waals surface area contributed by atoms with Crippen LogP contribution in [0.4, 0.5) is 10.1 Å². The molecule has 24 heavy (non-hydrogen) atoms. The van der Waals surface area contributed by atoms with Gasteiger partial charge < -0.3 is 14.2 Å². The molecule has 0 heterocycles. The third kappa shape index (κ3) is 3.78. The fourth-order valence-corrected chi connectivity index (χ4v) is 2.05. The molecule has 126 valence electrons.